The van der Waals surface area contributed by atoms with Gasteiger partial charge in [0, 0.05) is 49.3 Å². The summed E-state index contributed by atoms with van der Waals surface area (Å²) in [6.07, 6.45) is 6.44. The highest BCUT2D eigenvalue weighted by molar-refractivity contribution is 5.99. The summed E-state index contributed by atoms with van der Waals surface area (Å²) >= 11 is 0. The van der Waals surface area contributed by atoms with Crippen LogP contribution in [0.2, 0.25) is 0 Å². The topological polar surface area (TPSA) is 39.3 Å². The summed E-state index contributed by atoms with van der Waals surface area (Å²) in [7, 11) is 0. The van der Waals surface area contributed by atoms with Gasteiger partial charge in [0.25, 0.3) is 0 Å². The maximum Gasteiger partial charge on any atom is 0.230 e. The Labute approximate surface area is 184 Å². The van der Waals surface area contributed by atoms with E-state index in [0.717, 1.165) is 39.0 Å². The van der Waals surface area contributed by atoms with Crippen molar-refractivity contribution in [2.24, 2.45) is 5.92 Å². The second kappa shape index (κ2) is 8.35. The fourth-order valence-electron chi connectivity index (χ4n) is 5.40. The van der Waals surface area contributed by atoms with E-state index in [2.05, 4.69) is 84.5 Å². The van der Waals surface area contributed by atoms with Crippen LogP contribution in [0.1, 0.15) is 37.0 Å². The summed E-state index contributed by atoms with van der Waals surface area (Å²) in [6, 6.07) is 17.5. The van der Waals surface area contributed by atoms with E-state index in [9.17, 15) is 4.79 Å². The molecule has 0 bridgehead atoms. The zero-order valence-electron chi connectivity index (χ0n) is 18.5. The lowest BCUT2D eigenvalue weighted by Gasteiger charge is -2.42. The molecule has 2 aliphatic rings. The average molecular weight is 414 g/mol. The molecular formula is C27H31N3O. The largest absolute Gasteiger partial charge is 0.361 e. The number of nitrogens with zero attached hydrogens (tertiary/aromatic N) is 2. The summed E-state index contributed by atoms with van der Waals surface area (Å²) in [5, 5.41) is 1.33. The Morgan fingerprint density at radius 3 is 2.74 bits per heavy atom. The van der Waals surface area contributed by atoms with Crippen LogP contribution in [0, 0.1) is 5.92 Å². The predicted molar refractivity (Wildman–Crippen MR) is 127 cm³/mol. The molecule has 0 fully saturated rings. The summed E-state index contributed by atoms with van der Waals surface area (Å²) in [5.41, 5.74) is 6.49. The standard InChI is InChI=1S/C27H31N3O/c1-3-13-29(4-2)27(31)21-14-23-22-11-8-12-24-26(22)20(16-28-24)15-25(23)30(18-21)17-19-9-6-5-7-10-19/h5-12,14,16,21,25,28H,3-4,13,15,17-18H2,1-2H3. The van der Waals surface area contributed by atoms with Crippen molar-refractivity contribution in [2.45, 2.75) is 39.3 Å². The highest BCUT2D eigenvalue weighted by atomic mass is 16.2. The zero-order chi connectivity index (χ0) is 21.4. The lowest BCUT2D eigenvalue weighted by Crippen LogP contribution is -2.49. The van der Waals surface area contributed by atoms with Gasteiger partial charge in [0.15, 0.2) is 0 Å². The van der Waals surface area contributed by atoms with Gasteiger partial charge in [-0.25, -0.2) is 0 Å². The molecule has 0 spiro atoms. The van der Waals surface area contributed by atoms with Gasteiger partial charge in [-0.1, -0.05) is 55.5 Å². The maximum atomic E-state index is 13.5. The van der Waals surface area contributed by atoms with E-state index in [1.807, 2.05) is 4.90 Å². The molecule has 3 aromatic rings. The van der Waals surface area contributed by atoms with E-state index in [1.165, 1.54) is 33.2 Å². The monoisotopic (exact) mass is 413 g/mol. The molecule has 5 rings (SSSR count). The van der Waals surface area contributed by atoms with Gasteiger partial charge in [-0.2, -0.15) is 0 Å². The van der Waals surface area contributed by atoms with Crippen LogP contribution in [-0.2, 0) is 17.8 Å². The number of aromatic nitrogens is 1. The van der Waals surface area contributed by atoms with Crippen molar-refractivity contribution in [1.29, 1.82) is 0 Å². The predicted octanol–water partition coefficient (Wildman–Crippen LogP) is 4.87. The molecule has 1 amide bonds. The van der Waals surface area contributed by atoms with Crippen molar-refractivity contribution in [3.63, 3.8) is 0 Å². The van der Waals surface area contributed by atoms with Crippen LogP contribution in [0.4, 0.5) is 0 Å². The molecule has 4 heteroatoms. The molecule has 1 aliphatic carbocycles. The molecule has 1 N–H and O–H groups in total. The van der Waals surface area contributed by atoms with Crippen LogP contribution < -0.4 is 0 Å². The fraction of sp³-hybridized carbons (Fsp3) is 0.370. The minimum atomic E-state index is -0.0998. The molecule has 2 heterocycles. The number of hydrogen-bond donors (Lipinski definition) is 1. The number of rotatable bonds is 6. The quantitative estimate of drug-likeness (QED) is 0.626. The Kier molecular flexibility index (Phi) is 5.41. The lowest BCUT2D eigenvalue weighted by molar-refractivity contribution is -0.134. The normalized spacial score (nSPS) is 20.4. The van der Waals surface area contributed by atoms with Crippen LogP contribution in [0.3, 0.4) is 0 Å². The molecule has 0 saturated carbocycles. The van der Waals surface area contributed by atoms with Gasteiger partial charge in [-0.15, -0.1) is 0 Å². The molecule has 2 aromatic carbocycles. The average Bonchev–Trinajstić information content (AvgIpc) is 3.22. The Morgan fingerprint density at radius 1 is 1.13 bits per heavy atom. The molecular weight excluding hydrogens is 382 g/mol. The molecule has 1 aromatic heterocycles. The van der Waals surface area contributed by atoms with Gasteiger partial charge in [0.1, 0.15) is 0 Å². The van der Waals surface area contributed by atoms with Crippen LogP contribution in [0.15, 0.2) is 60.8 Å². The SMILES string of the molecule is CCCN(CC)C(=O)C1C=C2c3cccc4[nH]cc(c34)CC2N(Cc2ccccc2)C1. The number of benzene rings is 2. The van der Waals surface area contributed by atoms with Crippen molar-refractivity contribution < 1.29 is 4.79 Å². The van der Waals surface area contributed by atoms with E-state index in [1.54, 1.807) is 0 Å². The van der Waals surface area contributed by atoms with E-state index in [4.69, 9.17) is 0 Å². The second-order valence-electron chi connectivity index (χ2n) is 8.82. The lowest BCUT2D eigenvalue weighted by atomic mass is 9.79. The molecule has 2 unspecified atom stereocenters. The smallest absolute Gasteiger partial charge is 0.230 e. The Hall–Kier alpha value is -2.85. The van der Waals surface area contributed by atoms with Crippen molar-refractivity contribution >= 4 is 22.4 Å². The number of fused-ring (bicyclic) bond motifs is 2. The van der Waals surface area contributed by atoms with Gasteiger partial charge in [-0.3, -0.25) is 9.69 Å². The minimum absolute atomic E-state index is 0.0998. The molecule has 160 valence electrons. The van der Waals surface area contributed by atoms with Crippen molar-refractivity contribution in [3.8, 4) is 0 Å². The third kappa shape index (κ3) is 3.59. The number of nitrogens with one attached hydrogen (secondary N) is 1. The number of carbonyl (C=O) groups excluding carboxylic acids is 1. The maximum absolute atomic E-state index is 13.5. The van der Waals surface area contributed by atoms with Crippen molar-refractivity contribution in [3.05, 3.63) is 77.5 Å². The molecule has 0 radical (unpaired) electrons. The Balaban J connectivity index is 1.57. The second-order valence-corrected chi connectivity index (χ2v) is 8.82. The van der Waals surface area contributed by atoms with Gasteiger partial charge < -0.3 is 9.88 Å². The number of carbonyl (C=O) groups is 1. The number of H-pyrrole nitrogens is 1. The molecule has 2 atom stereocenters. The van der Waals surface area contributed by atoms with E-state index in [-0.39, 0.29) is 11.8 Å². The number of amides is 1. The van der Waals surface area contributed by atoms with Gasteiger partial charge >= 0.3 is 0 Å². The fourth-order valence-corrected chi connectivity index (χ4v) is 5.40. The third-order valence-corrected chi connectivity index (χ3v) is 6.86. The first kappa shape index (κ1) is 20.1. The van der Waals surface area contributed by atoms with Gasteiger partial charge in [0.2, 0.25) is 5.91 Å². The molecule has 31 heavy (non-hydrogen) atoms. The summed E-state index contributed by atoms with van der Waals surface area (Å²) in [4.78, 5) is 21.5. The first-order valence-electron chi connectivity index (χ1n) is 11.6. The third-order valence-electron chi connectivity index (χ3n) is 6.86. The summed E-state index contributed by atoms with van der Waals surface area (Å²) in [6.45, 7) is 7.46. The number of hydrogen-bond acceptors (Lipinski definition) is 2. The zero-order valence-corrected chi connectivity index (χ0v) is 18.5. The highest BCUT2D eigenvalue weighted by Crippen LogP contribution is 2.42. The van der Waals surface area contributed by atoms with Crippen LogP contribution in [0.5, 0.6) is 0 Å². The van der Waals surface area contributed by atoms with Gasteiger partial charge in [-0.05, 0) is 48.1 Å². The van der Waals surface area contributed by atoms with E-state index in [0.29, 0.717) is 6.04 Å². The van der Waals surface area contributed by atoms with Crippen LogP contribution >= 0.6 is 0 Å². The van der Waals surface area contributed by atoms with Crippen molar-refractivity contribution in [2.75, 3.05) is 19.6 Å². The number of aromatic amines is 1. The van der Waals surface area contributed by atoms with Crippen molar-refractivity contribution in [1.82, 2.24) is 14.8 Å². The first-order chi connectivity index (χ1) is 15.2. The highest BCUT2D eigenvalue weighted by Gasteiger charge is 2.38. The molecule has 0 saturated heterocycles. The molecule has 1 aliphatic heterocycles. The van der Waals surface area contributed by atoms with E-state index < -0.39 is 0 Å². The Bertz CT molecular complexity index is 1110. The summed E-state index contributed by atoms with van der Waals surface area (Å²) in [5.74, 6) is 0.164. The minimum Gasteiger partial charge on any atom is -0.361 e. The first-order valence-corrected chi connectivity index (χ1v) is 11.6. The van der Waals surface area contributed by atoms with E-state index >= 15 is 0 Å². The van der Waals surface area contributed by atoms with Gasteiger partial charge in [0.05, 0.1) is 5.92 Å². The Morgan fingerprint density at radius 2 is 1.97 bits per heavy atom. The summed E-state index contributed by atoms with van der Waals surface area (Å²) < 4.78 is 0. The van der Waals surface area contributed by atoms with Crippen LogP contribution in [-0.4, -0.2) is 46.4 Å². The van der Waals surface area contributed by atoms with Crippen LogP contribution in [0.25, 0.3) is 16.5 Å². The molecule has 4 nitrogen and oxygen atoms in total.